The SMILES string of the molecule is CCCCCCC1(CC)CCNC2=NCCCN21. The van der Waals surface area contributed by atoms with Gasteiger partial charge in [-0.2, -0.15) is 0 Å². The third kappa shape index (κ3) is 2.81. The second-order valence-electron chi connectivity index (χ2n) is 5.78. The van der Waals surface area contributed by atoms with Crippen molar-refractivity contribution < 1.29 is 0 Å². The minimum absolute atomic E-state index is 0.401. The molecule has 0 aliphatic carbocycles. The molecule has 0 saturated carbocycles. The summed E-state index contributed by atoms with van der Waals surface area (Å²) < 4.78 is 0. The van der Waals surface area contributed by atoms with Gasteiger partial charge >= 0.3 is 0 Å². The molecule has 0 bridgehead atoms. The van der Waals surface area contributed by atoms with Crippen LogP contribution in [0.1, 0.15) is 65.2 Å². The lowest BCUT2D eigenvalue weighted by Crippen LogP contribution is -2.62. The van der Waals surface area contributed by atoms with Crippen LogP contribution in [0.2, 0.25) is 0 Å². The minimum atomic E-state index is 0.401. The third-order valence-electron chi connectivity index (χ3n) is 4.66. The zero-order chi connectivity index (χ0) is 12.8. The summed E-state index contributed by atoms with van der Waals surface area (Å²) in [6.07, 6.45) is 10.6. The predicted octanol–water partition coefficient (Wildman–Crippen LogP) is 3.16. The van der Waals surface area contributed by atoms with Crippen molar-refractivity contribution in [1.29, 1.82) is 0 Å². The van der Waals surface area contributed by atoms with Gasteiger partial charge in [-0.15, -0.1) is 0 Å². The first-order valence-electron chi connectivity index (χ1n) is 7.88. The van der Waals surface area contributed by atoms with Gasteiger partial charge in [0.1, 0.15) is 0 Å². The number of hydrogen-bond acceptors (Lipinski definition) is 3. The maximum absolute atomic E-state index is 4.67. The van der Waals surface area contributed by atoms with E-state index in [0.717, 1.165) is 13.1 Å². The van der Waals surface area contributed by atoms with E-state index in [-0.39, 0.29) is 0 Å². The van der Waals surface area contributed by atoms with E-state index in [1.165, 1.54) is 63.9 Å². The van der Waals surface area contributed by atoms with Crippen LogP contribution in [0.4, 0.5) is 0 Å². The Hall–Kier alpha value is -0.730. The largest absolute Gasteiger partial charge is 0.356 e. The van der Waals surface area contributed by atoms with Crippen LogP contribution in [0.5, 0.6) is 0 Å². The molecule has 2 aliphatic heterocycles. The summed E-state index contributed by atoms with van der Waals surface area (Å²) in [6.45, 7) is 7.96. The van der Waals surface area contributed by atoms with E-state index in [4.69, 9.17) is 0 Å². The van der Waals surface area contributed by atoms with Crippen LogP contribution in [0.15, 0.2) is 4.99 Å². The van der Waals surface area contributed by atoms with Crippen molar-refractivity contribution in [2.24, 2.45) is 4.99 Å². The highest BCUT2D eigenvalue weighted by molar-refractivity contribution is 5.82. The van der Waals surface area contributed by atoms with Crippen molar-refractivity contribution in [2.75, 3.05) is 19.6 Å². The Morgan fingerprint density at radius 2 is 2.17 bits per heavy atom. The second-order valence-corrected chi connectivity index (χ2v) is 5.78. The van der Waals surface area contributed by atoms with Gasteiger partial charge in [-0.05, 0) is 25.7 Å². The Balaban J connectivity index is 1.99. The van der Waals surface area contributed by atoms with Gasteiger partial charge in [0.25, 0.3) is 0 Å². The number of nitrogens with one attached hydrogen (secondary N) is 1. The number of guanidine groups is 1. The number of fused-ring (bicyclic) bond motifs is 1. The van der Waals surface area contributed by atoms with Crippen molar-refractivity contribution in [3.63, 3.8) is 0 Å². The molecule has 104 valence electrons. The van der Waals surface area contributed by atoms with Crippen LogP contribution >= 0.6 is 0 Å². The van der Waals surface area contributed by atoms with Crippen molar-refractivity contribution in [3.8, 4) is 0 Å². The van der Waals surface area contributed by atoms with Gasteiger partial charge in [0.05, 0.1) is 0 Å². The van der Waals surface area contributed by atoms with Gasteiger partial charge in [-0.3, -0.25) is 4.99 Å². The lowest BCUT2D eigenvalue weighted by molar-refractivity contribution is 0.107. The first-order chi connectivity index (χ1) is 8.82. The quantitative estimate of drug-likeness (QED) is 0.734. The van der Waals surface area contributed by atoms with E-state index < -0.39 is 0 Å². The van der Waals surface area contributed by atoms with Gasteiger partial charge in [0, 0.05) is 25.2 Å². The van der Waals surface area contributed by atoms with Gasteiger partial charge in [-0.25, -0.2) is 0 Å². The lowest BCUT2D eigenvalue weighted by Gasteiger charge is -2.50. The first kappa shape index (κ1) is 13.7. The molecule has 1 fully saturated rings. The van der Waals surface area contributed by atoms with Gasteiger partial charge in [0.15, 0.2) is 5.96 Å². The van der Waals surface area contributed by atoms with Gasteiger partial charge in [-0.1, -0.05) is 39.5 Å². The van der Waals surface area contributed by atoms with E-state index >= 15 is 0 Å². The zero-order valence-electron chi connectivity index (χ0n) is 12.2. The summed E-state index contributed by atoms with van der Waals surface area (Å²) in [5, 5.41) is 3.49. The molecule has 2 aliphatic rings. The molecule has 1 unspecified atom stereocenters. The first-order valence-corrected chi connectivity index (χ1v) is 7.88. The molecule has 0 aromatic heterocycles. The molecular weight excluding hydrogens is 222 g/mol. The smallest absolute Gasteiger partial charge is 0.194 e. The number of aliphatic imine (C=N–C) groups is 1. The Morgan fingerprint density at radius 3 is 2.94 bits per heavy atom. The highest BCUT2D eigenvalue weighted by Crippen LogP contribution is 2.33. The highest BCUT2D eigenvalue weighted by atomic mass is 15.4. The standard InChI is InChI=1S/C15H29N3/c1-3-5-6-7-9-15(4-2)10-12-17-14-16-11-8-13-18(14)15/h3-13H2,1-2H3,(H,16,17). The monoisotopic (exact) mass is 251 g/mol. The van der Waals surface area contributed by atoms with Crippen LogP contribution in [0.25, 0.3) is 0 Å². The highest BCUT2D eigenvalue weighted by Gasteiger charge is 2.39. The maximum Gasteiger partial charge on any atom is 0.194 e. The van der Waals surface area contributed by atoms with Crippen molar-refractivity contribution >= 4 is 5.96 Å². The lowest BCUT2D eigenvalue weighted by atomic mass is 9.82. The molecule has 0 amide bonds. The summed E-state index contributed by atoms with van der Waals surface area (Å²) in [5.74, 6) is 1.19. The fourth-order valence-electron chi connectivity index (χ4n) is 3.45. The number of hydrogen-bond donors (Lipinski definition) is 1. The fraction of sp³-hybridized carbons (Fsp3) is 0.933. The topological polar surface area (TPSA) is 27.6 Å². The van der Waals surface area contributed by atoms with Crippen LogP contribution in [0.3, 0.4) is 0 Å². The molecule has 1 N–H and O–H groups in total. The minimum Gasteiger partial charge on any atom is -0.356 e. The van der Waals surface area contributed by atoms with Crippen LogP contribution in [0, 0.1) is 0 Å². The van der Waals surface area contributed by atoms with E-state index in [0.29, 0.717) is 5.54 Å². The Bertz CT molecular complexity index is 287. The summed E-state index contributed by atoms with van der Waals surface area (Å²) in [5.41, 5.74) is 0.401. The molecule has 0 aromatic rings. The maximum atomic E-state index is 4.67. The number of nitrogens with zero attached hydrogens (tertiary/aromatic N) is 2. The zero-order valence-corrected chi connectivity index (χ0v) is 12.2. The van der Waals surface area contributed by atoms with Gasteiger partial charge in [0.2, 0.25) is 0 Å². The Kier molecular flexibility index (Phi) is 4.90. The molecule has 2 rings (SSSR count). The summed E-state index contributed by atoms with van der Waals surface area (Å²) in [6, 6.07) is 0. The molecule has 18 heavy (non-hydrogen) atoms. The molecular formula is C15H29N3. The average molecular weight is 251 g/mol. The number of unbranched alkanes of at least 4 members (excludes halogenated alkanes) is 3. The average Bonchev–Trinajstić information content (AvgIpc) is 2.44. The Labute approximate surface area is 112 Å². The molecule has 3 nitrogen and oxygen atoms in total. The molecule has 3 heteroatoms. The molecule has 1 atom stereocenters. The fourth-order valence-corrected chi connectivity index (χ4v) is 3.45. The summed E-state index contributed by atoms with van der Waals surface area (Å²) in [4.78, 5) is 7.26. The van der Waals surface area contributed by atoms with Crippen molar-refractivity contribution in [2.45, 2.75) is 70.8 Å². The third-order valence-corrected chi connectivity index (χ3v) is 4.66. The Morgan fingerprint density at radius 1 is 1.28 bits per heavy atom. The van der Waals surface area contributed by atoms with E-state index in [2.05, 4.69) is 29.1 Å². The molecule has 0 radical (unpaired) electrons. The number of rotatable bonds is 6. The van der Waals surface area contributed by atoms with Gasteiger partial charge < -0.3 is 10.2 Å². The molecule has 2 heterocycles. The van der Waals surface area contributed by atoms with Crippen LogP contribution in [-0.2, 0) is 0 Å². The van der Waals surface area contributed by atoms with E-state index in [9.17, 15) is 0 Å². The van der Waals surface area contributed by atoms with Crippen LogP contribution in [-0.4, -0.2) is 36.0 Å². The van der Waals surface area contributed by atoms with E-state index in [1.807, 2.05) is 0 Å². The van der Waals surface area contributed by atoms with Crippen molar-refractivity contribution in [1.82, 2.24) is 10.2 Å². The summed E-state index contributed by atoms with van der Waals surface area (Å²) >= 11 is 0. The van der Waals surface area contributed by atoms with Crippen molar-refractivity contribution in [3.05, 3.63) is 0 Å². The second kappa shape index (κ2) is 6.44. The molecule has 0 aromatic carbocycles. The molecule has 0 spiro atoms. The predicted molar refractivity (Wildman–Crippen MR) is 78.0 cm³/mol. The van der Waals surface area contributed by atoms with Crippen LogP contribution < -0.4 is 5.32 Å². The molecule has 1 saturated heterocycles. The van der Waals surface area contributed by atoms with E-state index in [1.54, 1.807) is 0 Å². The normalized spacial score (nSPS) is 27.4. The summed E-state index contributed by atoms with van der Waals surface area (Å²) in [7, 11) is 0.